The third-order valence-corrected chi connectivity index (χ3v) is 3.04. The normalized spacial score (nSPS) is 16.1. The van der Waals surface area contributed by atoms with Crippen molar-refractivity contribution in [1.82, 2.24) is 10.2 Å². The maximum atomic E-state index is 4.02. The molecule has 0 amide bonds. The lowest BCUT2D eigenvalue weighted by molar-refractivity contribution is 1.03. The predicted octanol–water partition coefficient (Wildman–Crippen LogP) is 1.92. The molecule has 1 aromatic rings. The van der Waals surface area contributed by atoms with Gasteiger partial charge in [0, 0.05) is 17.1 Å². The van der Waals surface area contributed by atoms with Crippen molar-refractivity contribution in [3.63, 3.8) is 0 Å². The zero-order valence-corrected chi connectivity index (χ0v) is 7.05. The van der Waals surface area contributed by atoms with Crippen LogP contribution in [0.1, 0.15) is 11.3 Å². The van der Waals surface area contributed by atoms with E-state index in [9.17, 15) is 0 Å². The number of aromatic nitrogens is 2. The van der Waals surface area contributed by atoms with Gasteiger partial charge in [-0.25, -0.2) is 0 Å². The summed E-state index contributed by atoms with van der Waals surface area (Å²) in [6.07, 6.45) is 0. The van der Waals surface area contributed by atoms with Crippen molar-refractivity contribution < 1.29 is 0 Å². The van der Waals surface area contributed by atoms with Gasteiger partial charge in [0.05, 0.1) is 5.69 Å². The van der Waals surface area contributed by atoms with Crippen LogP contribution in [-0.2, 0) is 11.5 Å². The van der Waals surface area contributed by atoms with E-state index in [0.717, 1.165) is 16.1 Å². The number of aromatic amines is 1. The third-order valence-electron chi connectivity index (χ3n) is 1.40. The molecule has 1 N–H and O–H groups in total. The molecule has 0 aliphatic carbocycles. The van der Waals surface area contributed by atoms with Gasteiger partial charge in [0.15, 0.2) is 0 Å². The molecule has 9 heavy (non-hydrogen) atoms. The van der Waals surface area contributed by atoms with Gasteiger partial charge < -0.3 is 0 Å². The Morgan fingerprint density at radius 3 is 3.22 bits per heavy atom. The smallest absolute Gasteiger partial charge is 0.132 e. The largest absolute Gasteiger partial charge is 0.280 e. The highest BCUT2D eigenvalue weighted by atomic mass is 79.9. The zero-order valence-electron chi connectivity index (χ0n) is 4.65. The number of fused-ring (bicyclic) bond motifs is 1. The molecule has 1 aliphatic rings. The summed E-state index contributed by atoms with van der Waals surface area (Å²) in [6, 6.07) is 0. The Hall–Kier alpha value is 0.0400. The van der Waals surface area contributed by atoms with E-state index in [-0.39, 0.29) is 0 Å². The van der Waals surface area contributed by atoms with Gasteiger partial charge in [0.2, 0.25) is 0 Å². The van der Waals surface area contributed by atoms with Crippen LogP contribution < -0.4 is 0 Å². The Morgan fingerprint density at radius 2 is 2.44 bits per heavy atom. The van der Waals surface area contributed by atoms with Crippen LogP contribution in [0.4, 0.5) is 0 Å². The van der Waals surface area contributed by atoms with E-state index in [4.69, 9.17) is 0 Å². The minimum absolute atomic E-state index is 0.988. The first-order chi connectivity index (χ1) is 4.38. The maximum Gasteiger partial charge on any atom is 0.132 e. The van der Waals surface area contributed by atoms with E-state index < -0.39 is 0 Å². The Kier molecular flexibility index (Phi) is 1.30. The van der Waals surface area contributed by atoms with Crippen molar-refractivity contribution in [2.75, 3.05) is 0 Å². The first-order valence-electron chi connectivity index (χ1n) is 2.67. The van der Waals surface area contributed by atoms with Crippen molar-refractivity contribution in [2.45, 2.75) is 11.5 Å². The summed E-state index contributed by atoms with van der Waals surface area (Å²) >= 11 is 5.28. The second-order valence-electron chi connectivity index (χ2n) is 1.96. The molecule has 1 aromatic heterocycles. The first-order valence-corrected chi connectivity index (χ1v) is 4.62. The lowest BCUT2D eigenvalue weighted by Crippen LogP contribution is -1.74. The molecular weight excluding hydrogens is 200 g/mol. The third kappa shape index (κ3) is 0.809. The lowest BCUT2D eigenvalue weighted by atomic mass is 10.3. The van der Waals surface area contributed by atoms with E-state index in [1.165, 1.54) is 11.3 Å². The fourth-order valence-electron chi connectivity index (χ4n) is 0.897. The molecule has 2 nitrogen and oxygen atoms in total. The topological polar surface area (TPSA) is 28.7 Å². The number of nitrogens with zero attached hydrogens (tertiary/aromatic N) is 1. The van der Waals surface area contributed by atoms with Crippen molar-refractivity contribution in [3.05, 3.63) is 15.9 Å². The van der Waals surface area contributed by atoms with Crippen LogP contribution in [0.3, 0.4) is 0 Å². The average Bonchev–Trinajstić information content (AvgIpc) is 2.35. The monoisotopic (exact) mass is 204 g/mol. The molecule has 1 aliphatic heterocycles. The minimum Gasteiger partial charge on any atom is -0.280 e. The Bertz CT molecular complexity index is 233. The summed E-state index contributed by atoms with van der Waals surface area (Å²) in [5.41, 5.74) is 2.63. The summed E-state index contributed by atoms with van der Waals surface area (Å²) in [5, 5.41) is 6.98. The second kappa shape index (κ2) is 2.02. The molecule has 0 saturated carbocycles. The Morgan fingerprint density at radius 1 is 1.56 bits per heavy atom. The molecule has 0 bridgehead atoms. The summed E-state index contributed by atoms with van der Waals surface area (Å²) in [7, 11) is 0. The van der Waals surface area contributed by atoms with Gasteiger partial charge >= 0.3 is 0 Å². The number of halogens is 1. The number of nitrogens with one attached hydrogen (secondary N) is 1. The quantitative estimate of drug-likeness (QED) is 0.700. The lowest BCUT2D eigenvalue weighted by Gasteiger charge is -1.82. The molecule has 0 unspecified atom stereocenters. The van der Waals surface area contributed by atoms with Crippen molar-refractivity contribution in [3.8, 4) is 0 Å². The van der Waals surface area contributed by atoms with Crippen molar-refractivity contribution in [2.24, 2.45) is 0 Å². The van der Waals surface area contributed by atoms with Crippen LogP contribution in [0, 0.1) is 0 Å². The number of hydrogen-bond donors (Lipinski definition) is 1. The highest BCUT2D eigenvalue weighted by Crippen LogP contribution is 2.32. The number of thioether (sulfide) groups is 1. The number of rotatable bonds is 0. The predicted molar refractivity (Wildman–Crippen MR) is 41.3 cm³/mol. The molecule has 2 heterocycles. The first kappa shape index (κ1) is 5.80. The summed E-state index contributed by atoms with van der Waals surface area (Å²) in [6.45, 7) is 0. The van der Waals surface area contributed by atoms with E-state index in [0.29, 0.717) is 0 Å². The fraction of sp³-hybridized carbons (Fsp3) is 0.400. The number of H-pyrrole nitrogens is 1. The van der Waals surface area contributed by atoms with Crippen LogP contribution >= 0.6 is 27.7 Å². The summed E-state index contributed by atoms with van der Waals surface area (Å²) in [4.78, 5) is 0. The van der Waals surface area contributed by atoms with Crippen LogP contribution in [0.15, 0.2) is 4.60 Å². The van der Waals surface area contributed by atoms with Gasteiger partial charge in [-0.3, -0.25) is 5.10 Å². The molecule has 0 saturated heterocycles. The molecular formula is C5H5BrN2S. The molecule has 4 heteroatoms. The molecule has 0 aromatic carbocycles. The summed E-state index contributed by atoms with van der Waals surface area (Å²) < 4.78 is 0.988. The molecule has 0 radical (unpaired) electrons. The molecule has 0 atom stereocenters. The zero-order chi connectivity index (χ0) is 6.27. The standard InChI is InChI=1S/C5H5BrN2S/c6-5-3-1-9-2-4(3)7-8-5/h1-2H2,(H,7,8). The average molecular weight is 205 g/mol. The van der Waals surface area contributed by atoms with E-state index in [1.807, 2.05) is 11.8 Å². The van der Waals surface area contributed by atoms with Crippen LogP contribution in [0.25, 0.3) is 0 Å². The summed E-state index contributed by atoms with van der Waals surface area (Å²) in [5.74, 6) is 2.19. The van der Waals surface area contributed by atoms with Crippen LogP contribution in [0.2, 0.25) is 0 Å². The molecule has 48 valence electrons. The van der Waals surface area contributed by atoms with Crippen molar-refractivity contribution in [1.29, 1.82) is 0 Å². The Balaban J connectivity index is 2.56. The minimum atomic E-state index is 0.988. The van der Waals surface area contributed by atoms with Crippen LogP contribution in [0.5, 0.6) is 0 Å². The highest BCUT2D eigenvalue weighted by molar-refractivity contribution is 9.10. The number of hydrogen-bond acceptors (Lipinski definition) is 2. The molecule has 0 fully saturated rings. The van der Waals surface area contributed by atoms with E-state index >= 15 is 0 Å². The fourth-order valence-corrected chi connectivity index (χ4v) is 2.61. The SMILES string of the molecule is Brc1n[nH]c2c1CSC2. The van der Waals surface area contributed by atoms with E-state index in [2.05, 4.69) is 26.1 Å². The van der Waals surface area contributed by atoms with Gasteiger partial charge in [0.1, 0.15) is 4.60 Å². The second-order valence-corrected chi connectivity index (χ2v) is 3.70. The highest BCUT2D eigenvalue weighted by Gasteiger charge is 2.16. The van der Waals surface area contributed by atoms with Crippen LogP contribution in [-0.4, -0.2) is 10.2 Å². The van der Waals surface area contributed by atoms with Gasteiger partial charge in [-0.15, -0.1) is 0 Å². The molecule has 0 spiro atoms. The van der Waals surface area contributed by atoms with Gasteiger partial charge in [-0.05, 0) is 15.9 Å². The van der Waals surface area contributed by atoms with Gasteiger partial charge in [-0.2, -0.15) is 16.9 Å². The van der Waals surface area contributed by atoms with E-state index in [1.54, 1.807) is 0 Å². The maximum absolute atomic E-state index is 4.02. The van der Waals surface area contributed by atoms with Gasteiger partial charge in [0.25, 0.3) is 0 Å². The van der Waals surface area contributed by atoms with Gasteiger partial charge in [-0.1, -0.05) is 0 Å². The molecule has 2 rings (SSSR count). The Labute approximate surface area is 65.5 Å². The van der Waals surface area contributed by atoms with Crippen molar-refractivity contribution >= 4 is 27.7 Å².